The highest BCUT2D eigenvalue weighted by molar-refractivity contribution is 5.97. The van der Waals surface area contributed by atoms with Gasteiger partial charge in [0.05, 0.1) is 12.8 Å². The molecule has 2 N–H and O–H groups in total. The van der Waals surface area contributed by atoms with Crippen molar-refractivity contribution in [1.82, 2.24) is 0 Å². The molecule has 1 amide bonds. The van der Waals surface area contributed by atoms with E-state index in [1.165, 1.54) is 0 Å². The van der Waals surface area contributed by atoms with E-state index in [1.54, 1.807) is 7.11 Å². The quantitative estimate of drug-likeness (QED) is 0.598. The number of carbonyl (C=O) groups is 1. The number of hydrogen-bond donors (Lipinski definition) is 2. The Bertz CT molecular complexity index is 895. The Morgan fingerprint density at radius 2 is 1.61 bits per heavy atom. The molecule has 0 saturated carbocycles. The molecule has 5 heteroatoms. The maximum atomic E-state index is 12.5. The summed E-state index contributed by atoms with van der Waals surface area (Å²) in [7, 11) is 1.58. The fraction of sp³-hybridized carbons (Fsp3) is 0.174. The molecule has 0 aliphatic rings. The van der Waals surface area contributed by atoms with Gasteiger partial charge in [-0.3, -0.25) is 4.79 Å². The van der Waals surface area contributed by atoms with Crippen molar-refractivity contribution in [2.45, 2.75) is 19.6 Å². The van der Waals surface area contributed by atoms with Crippen LogP contribution in [0.5, 0.6) is 11.5 Å². The average molecular weight is 376 g/mol. The van der Waals surface area contributed by atoms with Crippen molar-refractivity contribution >= 4 is 17.3 Å². The molecular formula is C23H24N2O3. The Morgan fingerprint density at radius 3 is 2.32 bits per heavy atom. The van der Waals surface area contributed by atoms with Gasteiger partial charge in [0.15, 0.2) is 0 Å². The van der Waals surface area contributed by atoms with Crippen molar-refractivity contribution in [3.63, 3.8) is 0 Å². The zero-order chi connectivity index (χ0) is 19.8. The first-order chi connectivity index (χ1) is 13.7. The van der Waals surface area contributed by atoms with E-state index in [4.69, 9.17) is 9.47 Å². The van der Waals surface area contributed by atoms with Crippen molar-refractivity contribution in [2.75, 3.05) is 17.7 Å². The minimum atomic E-state index is -0.416. The lowest BCUT2D eigenvalue weighted by atomic mass is 10.2. The third-order valence-electron chi connectivity index (χ3n) is 4.24. The number of hydrogen-bond acceptors (Lipinski definition) is 4. The molecule has 5 nitrogen and oxygen atoms in total. The molecule has 0 spiro atoms. The van der Waals surface area contributed by atoms with E-state index in [1.807, 2.05) is 85.8 Å². The Kier molecular flexibility index (Phi) is 6.52. The smallest absolute Gasteiger partial charge is 0.246 e. The normalized spacial score (nSPS) is 11.4. The minimum absolute atomic E-state index is 0.145. The first-order valence-electron chi connectivity index (χ1n) is 9.13. The predicted octanol–water partition coefficient (Wildman–Crippen LogP) is 4.71. The molecule has 0 heterocycles. The Morgan fingerprint density at radius 1 is 0.929 bits per heavy atom. The summed E-state index contributed by atoms with van der Waals surface area (Å²) in [6, 6.07) is 24.5. The number of methoxy groups -OCH3 is 1. The molecule has 3 rings (SSSR count). The maximum Gasteiger partial charge on any atom is 0.246 e. The number of anilines is 2. The Balaban J connectivity index is 1.53. The summed E-state index contributed by atoms with van der Waals surface area (Å²) in [4.78, 5) is 12.5. The van der Waals surface area contributed by atoms with Crippen molar-refractivity contribution in [3.05, 3.63) is 84.4 Å². The molecule has 0 saturated heterocycles. The maximum absolute atomic E-state index is 12.5. The van der Waals surface area contributed by atoms with Gasteiger partial charge >= 0.3 is 0 Å². The first-order valence-corrected chi connectivity index (χ1v) is 9.13. The van der Waals surface area contributed by atoms with Crippen LogP contribution in [-0.2, 0) is 11.4 Å². The summed E-state index contributed by atoms with van der Waals surface area (Å²) >= 11 is 0. The number of para-hydroxylation sites is 2. The summed E-state index contributed by atoms with van der Waals surface area (Å²) in [6.07, 6.45) is 0. The van der Waals surface area contributed by atoms with Crippen LogP contribution in [0.2, 0.25) is 0 Å². The minimum Gasteiger partial charge on any atom is -0.495 e. The summed E-state index contributed by atoms with van der Waals surface area (Å²) in [6.45, 7) is 2.33. The Labute approximate surface area is 165 Å². The van der Waals surface area contributed by atoms with Crippen LogP contribution in [0, 0.1) is 0 Å². The van der Waals surface area contributed by atoms with Crippen LogP contribution in [-0.4, -0.2) is 19.1 Å². The predicted molar refractivity (Wildman–Crippen MR) is 112 cm³/mol. The molecule has 1 unspecified atom stereocenters. The monoisotopic (exact) mass is 376 g/mol. The number of benzene rings is 3. The zero-order valence-corrected chi connectivity index (χ0v) is 16.0. The van der Waals surface area contributed by atoms with E-state index in [2.05, 4.69) is 10.6 Å². The number of rotatable bonds is 8. The van der Waals surface area contributed by atoms with E-state index >= 15 is 0 Å². The summed E-state index contributed by atoms with van der Waals surface area (Å²) in [5.74, 6) is 1.26. The lowest BCUT2D eigenvalue weighted by Crippen LogP contribution is -2.31. The lowest BCUT2D eigenvalue weighted by molar-refractivity contribution is -0.116. The number of ether oxygens (including phenoxy) is 2. The van der Waals surface area contributed by atoms with Gasteiger partial charge in [-0.25, -0.2) is 0 Å². The molecular weight excluding hydrogens is 352 g/mol. The average Bonchev–Trinajstić information content (AvgIpc) is 2.74. The molecule has 3 aromatic rings. The SMILES string of the molecule is COc1ccccc1NC(=O)C(C)Nc1ccc(OCc2ccccc2)cc1. The fourth-order valence-electron chi connectivity index (χ4n) is 2.69. The lowest BCUT2D eigenvalue weighted by Gasteiger charge is -2.17. The third kappa shape index (κ3) is 5.27. The number of carbonyl (C=O) groups excluding carboxylic acids is 1. The molecule has 1 atom stereocenters. The van der Waals surface area contributed by atoms with Gasteiger partial charge in [-0.1, -0.05) is 42.5 Å². The van der Waals surface area contributed by atoms with E-state index < -0.39 is 6.04 Å². The molecule has 0 aromatic heterocycles. The van der Waals surface area contributed by atoms with Gasteiger partial charge in [-0.05, 0) is 48.9 Å². The highest BCUT2D eigenvalue weighted by Gasteiger charge is 2.14. The number of nitrogens with one attached hydrogen (secondary N) is 2. The summed E-state index contributed by atoms with van der Waals surface area (Å²) in [5.41, 5.74) is 2.61. The van der Waals surface area contributed by atoms with Crippen LogP contribution in [0.3, 0.4) is 0 Å². The molecule has 0 bridgehead atoms. The molecule has 0 aliphatic carbocycles. The molecule has 0 radical (unpaired) electrons. The van der Waals surface area contributed by atoms with Gasteiger partial charge < -0.3 is 20.1 Å². The number of amides is 1. The van der Waals surface area contributed by atoms with Gasteiger partial charge in [0.1, 0.15) is 24.1 Å². The van der Waals surface area contributed by atoms with E-state index in [-0.39, 0.29) is 5.91 Å². The summed E-state index contributed by atoms with van der Waals surface area (Å²) < 4.78 is 11.0. The van der Waals surface area contributed by atoms with Gasteiger partial charge in [-0.2, -0.15) is 0 Å². The second-order valence-corrected chi connectivity index (χ2v) is 6.35. The van der Waals surface area contributed by atoms with Crippen molar-refractivity contribution in [1.29, 1.82) is 0 Å². The van der Waals surface area contributed by atoms with Crippen LogP contribution in [0.1, 0.15) is 12.5 Å². The molecule has 0 fully saturated rings. The van der Waals surface area contributed by atoms with Crippen LogP contribution in [0.25, 0.3) is 0 Å². The van der Waals surface area contributed by atoms with Crippen molar-refractivity contribution < 1.29 is 14.3 Å². The van der Waals surface area contributed by atoms with Gasteiger partial charge in [0, 0.05) is 5.69 Å². The molecule has 28 heavy (non-hydrogen) atoms. The van der Waals surface area contributed by atoms with Crippen molar-refractivity contribution in [2.24, 2.45) is 0 Å². The fourth-order valence-corrected chi connectivity index (χ4v) is 2.69. The second-order valence-electron chi connectivity index (χ2n) is 6.35. The van der Waals surface area contributed by atoms with Crippen LogP contribution in [0.15, 0.2) is 78.9 Å². The molecule has 3 aromatic carbocycles. The van der Waals surface area contributed by atoms with Gasteiger partial charge in [-0.15, -0.1) is 0 Å². The van der Waals surface area contributed by atoms with E-state index in [0.29, 0.717) is 18.0 Å². The Hall–Kier alpha value is -3.47. The first kappa shape index (κ1) is 19.3. The van der Waals surface area contributed by atoms with E-state index in [0.717, 1.165) is 17.0 Å². The van der Waals surface area contributed by atoms with Crippen LogP contribution in [0.4, 0.5) is 11.4 Å². The topological polar surface area (TPSA) is 59.6 Å². The zero-order valence-electron chi connectivity index (χ0n) is 16.0. The standard InChI is InChI=1S/C23H24N2O3/c1-17(23(26)25-21-10-6-7-11-22(21)27-2)24-19-12-14-20(15-13-19)28-16-18-8-4-3-5-9-18/h3-15,17,24H,16H2,1-2H3,(H,25,26). The highest BCUT2D eigenvalue weighted by Crippen LogP contribution is 2.23. The van der Waals surface area contributed by atoms with E-state index in [9.17, 15) is 4.79 Å². The highest BCUT2D eigenvalue weighted by atomic mass is 16.5. The third-order valence-corrected chi connectivity index (χ3v) is 4.24. The summed E-state index contributed by atoms with van der Waals surface area (Å²) in [5, 5.41) is 6.07. The van der Waals surface area contributed by atoms with Crippen LogP contribution >= 0.6 is 0 Å². The van der Waals surface area contributed by atoms with Gasteiger partial charge in [0.2, 0.25) is 5.91 Å². The molecule has 144 valence electrons. The van der Waals surface area contributed by atoms with Crippen LogP contribution < -0.4 is 20.1 Å². The van der Waals surface area contributed by atoms with Gasteiger partial charge in [0.25, 0.3) is 0 Å². The molecule has 0 aliphatic heterocycles. The van der Waals surface area contributed by atoms with Crippen molar-refractivity contribution in [3.8, 4) is 11.5 Å². The largest absolute Gasteiger partial charge is 0.495 e. The second kappa shape index (κ2) is 9.46.